The third kappa shape index (κ3) is 6.25. The van der Waals surface area contributed by atoms with Crippen molar-refractivity contribution >= 4 is 29.1 Å². The van der Waals surface area contributed by atoms with E-state index in [0.29, 0.717) is 11.3 Å². The van der Waals surface area contributed by atoms with Crippen molar-refractivity contribution in [3.05, 3.63) is 101 Å². The highest BCUT2D eigenvalue weighted by Gasteiger charge is 2.26. The van der Waals surface area contributed by atoms with Crippen LogP contribution in [-0.4, -0.2) is 29.8 Å². The molecule has 2 amide bonds. The molecular weight excluding hydrogens is 446 g/mol. The highest BCUT2D eigenvalue weighted by molar-refractivity contribution is 6.30. The number of amides is 2. The van der Waals surface area contributed by atoms with E-state index in [0.717, 1.165) is 43.1 Å². The first-order valence-corrected chi connectivity index (χ1v) is 12.1. The number of rotatable bonds is 7. The third-order valence-electron chi connectivity index (χ3n) is 6.35. The fourth-order valence-corrected chi connectivity index (χ4v) is 4.45. The maximum Gasteiger partial charge on any atom is 0.253 e. The Hall–Kier alpha value is -3.15. The number of nitrogens with zero attached hydrogens (tertiary/aromatic N) is 1. The van der Waals surface area contributed by atoms with Crippen molar-refractivity contribution < 1.29 is 9.59 Å². The zero-order chi connectivity index (χ0) is 23.9. The van der Waals surface area contributed by atoms with Crippen molar-refractivity contribution in [1.82, 2.24) is 10.2 Å². The van der Waals surface area contributed by atoms with Crippen molar-refractivity contribution in [2.24, 2.45) is 5.92 Å². The predicted octanol–water partition coefficient (Wildman–Crippen LogP) is 5.68. The van der Waals surface area contributed by atoms with Crippen LogP contribution in [-0.2, 0) is 11.3 Å². The number of anilines is 1. The number of hydrogen-bond donors (Lipinski definition) is 2. The normalized spacial score (nSPS) is 15.5. The second kappa shape index (κ2) is 11.3. The minimum atomic E-state index is -0.204. The van der Waals surface area contributed by atoms with E-state index >= 15 is 0 Å². The molecular formula is C28H30ClN3O2. The molecule has 1 atom stereocenters. The number of carbonyl (C=O) groups excluding carboxylic acids is 2. The van der Waals surface area contributed by atoms with Gasteiger partial charge in [0.15, 0.2) is 0 Å². The summed E-state index contributed by atoms with van der Waals surface area (Å²) in [5.41, 5.74) is 3.27. The first-order valence-electron chi connectivity index (χ1n) is 11.7. The molecule has 1 heterocycles. The minimum absolute atomic E-state index is 0.0255. The number of halogens is 1. The first kappa shape index (κ1) is 24.0. The van der Waals surface area contributed by atoms with Crippen LogP contribution >= 0.6 is 11.6 Å². The molecule has 5 nitrogen and oxygen atoms in total. The Kier molecular flexibility index (Phi) is 7.99. The number of piperidine rings is 1. The van der Waals surface area contributed by atoms with Gasteiger partial charge in [-0.25, -0.2) is 0 Å². The van der Waals surface area contributed by atoms with E-state index in [1.54, 1.807) is 12.1 Å². The lowest BCUT2D eigenvalue weighted by Gasteiger charge is -2.31. The number of nitrogens with one attached hydrogen (secondary N) is 2. The Bertz CT molecular complexity index is 1110. The van der Waals surface area contributed by atoms with Gasteiger partial charge in [0.05, 0.1) is 17.3 Å². The van der Waals surface area contributed by atoms with Crippen molar-refractivity contribution in [1.29, 1.82) is 0 Å². The van der Waals surface area contributed by atoms with E-state index in [2.05, 4.69) is 15.5 Å². The minimum Gasteiger partial charge on any atom is -0.345 e. The highest BCUT2D eigenvalue weighted by Crippen LogP contribution is 2.23. The summed E-state index contributed by atoms with van der Waals surface area (Å²) >= 11 is 5.98. The summed E-state index contributed by atoms with van der Waals surface area (Å²) in [6, 6.07) is 24.8. The largest absolute Gasteiger partial charge is 0.345 e. The van der Waals surface area contributed by atoms with Gasteiger partial charge in [0.25, 0.3) is 5.91 Å². The number of benzene rings is 3. The van der Waals surface area contributed by atoms with Crippen LogP contribution in [0, 0.1) is 5.92 Å². The average molecular weight is 476 g/mol. The summed E-state index contributed by atoms with van der Waals surface area (Å²) in [6.07, 6.45) is 1.58. The molecule has 3 aromatic rings. The van der Waals surface area contributed by atoms with Crippen molar-refractivity contribution in [3.8, 4) is 0 Å². The fourth-order valence-electron chi connectivity index (χ4n) is 4.33. The Labute approximate surface area is 206 Å². The van der Waals surface area contributed by atoms with Gasteiger partial charge >= 0.3 is 0 Å². The lowest BCUT2D eigenvalue weighted by Crippen LogP contribution is -2.38. The van der Waals surface area contributed by atoms with Crippen LogP contribution in [0.5, 0.6) is 0 Å². The summed E-state index contributed by atoms with van der Waals surface area (Å²) in [5, 5.41) is 6.78. The van der Waals surface area contributed by atoms with Crippen LogP contribution in [0.15, 0.2) is 78.9 Å². The maximum absolute atomic E-state index is 13.0. The van der Waals surface area contributed by atoms with Crippen LogP contribution < -0.4 is 10.6 Å². The van der Waals surface area contributed by atoms with Gasteiger partial charge in [0.1, 0.15) is 0 Å². The summed E-state index contributed by atoms with van der Waals surface area (Å²) < 4.78 is 0. The van der Waals surface area contributed by atoms with Gasteiger partial charge in [-0.05, 0) is 68.2 Å². The highest BCUT2D eigenvalue weighted by atomic mass is 35.5. The van der Waals surface area contributed by atoms with Crippen LogP contribution in [0.2, 0.25) is 5.02 Å². The Balaban J connectivity index is 1.33. The van der Waals surface area contributed by atoms with E-state index in [1.807, 2.05) is 73.7 Å². The zero-order valence-electron chi connectivity index (χ0n) is 19.3. The molecule has 0 saturated carbocycles. The van der Waals surface area contributed by atoms with Crippen LogP contribution in [0.3, 0.4) is 0 Å². The predicted molar refractivity (Wildman–Crippen MR) is 137 cm³/mol. The molecule has 1 fully saturated rings. The molecule has 1 aliphatic heterocycles. The number of para-hydroxylation sites is 1. The summed E-state index contributed by atoms with van der Waals surface area (Å²) in [4.78, 5) is 28.3. The molecule has 0 aromatic heterocycles. The van der Waals surface area contributed by atoms with Crippen LogP contribution in [0.25, 0.3) is 0 Å². The molecule has 1 aliphatic rings. The van der Waals surface area contributed by atoms with E-state index in [1.165, 1.54) is 5.56 Å². The first-order chi connectivity index (χ1) is 16.5. The third-order valence-corrected chi connectivity index (χ3v) is 6.61. The molecule has 3 aromatic carbocycles. The Morgan fingerprint density at radius 1 is 0.941 bits per heavy atom. The van der Waals surface area contributed by atoms with Crippen molar-refractivity contribution in [2.75, 3.05) is 18.4 Å². The zero-order valence-corrected chi connectivity index (χ0v) is 20.1. The molecule has 6 heteroatoms. The number of carbonyl (C=O) groups is 2. The van der Waals surface area contributed by atoms with Crippen molar-refractivity contribution in [2.45, 2.75) is 32.4 Å². The molecule has 176 valence electrons. The molecule has 2 N–H and O–H groups in total. The topological polar surface area (TPSA) is 61.4 Å². The Morgan fingerprint density at radius 3 is 2.29 bits per heavy atom. The molecule has 0 radical (unpaired) electrons. The van der Waals surface area contributed by atoms with Crippen LogP contribution in [0.4, 0.5) is 5.69 Å². The molecule has 4 rings (SSSR count). The summed E-state index contributed by atoms with van der Waals surface area (Å²) in [6.45, 7) is 4.52. The number of likely N-dealkylation sites (tertiary alicyclic amines) is 1. The maximum atomic E-state index is 13.0. The van der Waals surface area contributed by atoms with Gasteiger partial charge in [-0.2, -0.15) is 0 Å². The van der Waals surface area contributed by atoms with Gasteiger partial charge in [-0.1, -0.05) is 66.2 Å². The molecule has 1 saturated heterocycles. The average Bonchev–Trinajstić information content (AvgIpc) is 2.86. The van der Waals surface area contributed by atoms with Gasteiger partial charge in [0.2, 0.25) is 5.91 Å². The van der Waals surface area contributed by atoms with Crippen molar-refractivity contribution in [3.63, 3.8) is 0 Å². The van der Waals surface area contributed by atoms with Gasteiger partial charge in [0, 0.05) is 17.5 Å². The quantitative estimate of drug-likeness (QED) is 0.462. The van der Waals surface area contributed by atoms with Crippen LogP contribution in [0.1, 0.15) is 47.3 Å². The van der Waals surface area contributed by atoms with Gasteiger partial charge in [-0.3, -0.25) is 14.5 Å². The molecule has 0 bridgehead atoms. The lowest BCUT2D eigenvalue weighted by atomic mass is 9.95. The molecule has 34 heavy (non-hydrogen) atoms. The fraction of sp³-hybridized carbons (Fsp3) is 0.286. The van der Waals surface area contributed by atoms with E-state index < -0.39 is 0 Å². The van der Waals surface area contributed by atoms with E-state index in [9.17, 15) is 9.59 Å². The van der Waals surface area contributed by atoms with E-state index in [-0.39, 0.29) is 23.8 Å². The molecule has 0 aliphatic carbocycles. The molecule has 0 unspecified atom stereocenters. The second-order valence-corrected chi connectivity index (χ2v) is 9.25. The molecule has 0 spiro atoms. The second-order valence-electron chi connectivity index (χ2n) is 8.82. The van der Waals surface area contributed by atoms with E-state index in [4.69, 9.17) is 11.6 Å². The Morgan fingerprint density at radius 2 is 1.59 bits per heavy atom. The summed E-state index contributed by atoms with van der Waals surface area (Å²) in [7, 11) is 0. The van der Waals surface area contributed by atoms with Gasteiger partial charge in [-0.15, -0.1) is 0 Å². The smallest absolute Gasteiger partial charge is 0.253 e. The monoisotopic (exact) mass is 475 g/mol. The number of hydrogen-bond acceptors (Lipinski definition) is 3. The SMILES string of the molecule is C[C@@H](NC(=O)c1ccccc1NC(=O)C1CCN(Cc2ccc(Cl)cc2)CC1)c1ccccc1. The van der Waals surface area contributed by atoms with Gasteiger partial charge < -0.3 is 10.6 Å². The lowest BCUT2D eigenvalue weighted by molar-refractivity contribution is -0.121. The standard InChI is InChI=1S/C28H30ClN3O2/c1-20(22-7-3-2-4-8-22)30-28(34)25-9-5-6-10-26(25)31-27(33)23-15-17-32(18-16-23)19-21-11-13-24(29)14-12-21/h2-14,20,23H,15-19H2,1H3,(H,30,34)(H,31,33)/t20-/m1/s1. The summed E-state index contributed by atoms with van der Waals surface area (Å²) in [5.74, 6) is -0.298.